The van der Waals surface area contributed by atoms with Crippen LogP contribution in [-0.2, 0) is 19.2 Å². The number of aliphatic hydroxyl groups is 1. The maximum Gasteiger partial charge on any atom is 0.323 e. The largest absolute Gasteiger partial charge is 0.480 e. The summed E-state index contributed by atoms with van der Waals surface area (Å²) in [4.78, 5) is 39.8. The highest BCUT2D eigenvalue weighted by Gasteiger charge is 2.16. The number of primary amides is 1. The van der Waals surface area contributed by atoms with E-state index < -0.39 is 48.0 Å². The summed E-state index contributed by atoms with van der Waals surface area (Å²) in [6.07, 6.45) is 1.19. The molecule has 0 aromatic heterocycles. The second-order valence-corrected chi connectivity index (χ2v) is 5.93. The molecule has 4 unspecified atom stereocenters. The van der Waals surface area contributed by atoms with Crippen molar-refractivity contribution in [1.29, 1.82) is 0 Å². The number of hydrogen-bond acceptors (Lipinski definition) is 9. The highest BCUT2D eigenvalue weighted by atomic mass is 32.2. The van der Waals surface area contributed by atoms with Gasteiger partial charge < -0.3 is 43.4 Å². The quantitative estimate of drug-likeness (QED) is 0.195. The van der Waals surface area contributed by atoms with Gasteiger partial charge >= 0.3 is 17.9 Å². The van der Waals surface area contributed by atoms with Gasteiger partial charge in [0.2, 0.25) is 5.91 Å². The Morgan fingerprint density at radius 1 is 0.923 bits per heavy atom. The third-order valence-electron chi connectivity index (χ3n) is 2.49. The molecule has 0 rings (SSSR count). The Kier molecular flexibility index (Phi) is 18.4. The average molecular weight is 400 g/mol. The molecule has 0 aliphatic heterocycles. The van der Waals surface area contributed by atoms with E-state index in [1.165, 1.54) is 6.92 Å². The summed E-state index contributed by atoms with van der Waals surface area (Å²) in [5.74, 6) is -3.20. The number of carbonyl (C=O) groups is 4. The summed E-state index contributed by atoms with van der Waals surface area (Å²) < 4.78 is 0. The molecule has 0 bridgehead atoms. The summed E-state index contributed by atoms with van der Waals surface area (Å²) in [7, 11) is 0. The van der Waals surface area contributed by atoms with Gasteiger partial charge in [0.05, 0.1) is 12.5 Å². The van der Waals surface area contributed by atoms with Gasteiger partial charge in [-0.1, -0.05) is 0 Å². The van der Waals surface area contributed by atoms with Crippen LogP contribution in [-0.4, -0.2) is 80.5 Å². The number of aliphatic hydroxyl groups excluding tert-OH is 1. The van der Waals surface area contributed by atoms with E-state index in [1.54, 1.807) is 11.8 Å². The van der Waals surface area contributed by atoms with Crippen molar-refractivity contribution in [2.45, 2.75) is 44.0 Å². The predicted molar refractivity (Wildman–Crippen MR) is 95.3 cm³/mol. The second-order valence-electron chi connectivity index (χ2n) is 4.95. The Bertz CT molecular complexity index is 450. The fourth-order valence-corrected chi connectivity index (χ4v) is 1.37. The first kappa shape index (κ1) is 28.9. The number of hydrogen-bond donors (Lipinski definition) is 8. The van der Waals surface area contributed by atoms with Crippen LogP contribution in [0.1, 0.15) is 19.8 Å². The van der Waals surface area contributed by atoms with Crippen molar-refractivity contribution in [1.82, 2.24) is 0 Å². The normalized spacial score (nSPS) is 14.2. The zero-order chi connectivity index (χ0) is 21.4. The van der Waals surface area contributed by atoms with Crippen LogP contribution >= 0.6 is 11.8 Å². The predicted octanol–water partition coefficient (Wildman–Crippen LogP) is -2.80. The molecule has 154 valence electrons. The van der Waals surface area contributed by atoms with Gasteiger partial charge in [0, 0.05) is 0 Å². The van der Waals surface area contributed by atoms with Crippen LogP contribution in [0.25, 0.3) is 0 Å². The topological polar surface area (TPSA) is 253 Å². The van der Waals surface area contributed by atoms with Crippen molar-refractivity contribution in [3.05, 3.63) is 0 Å². The van der Waals surface area contributed by atoms with Gasteiger partial charge in [-0.2, -0.15) is 11.8 Å². The lowest BCUT2D eigenvalue weighted by Gasteiger charge is -2.06. The maximum atomic E-state index is 10.1. The number of carboxylic acid groups (broad SMARTS) is 3. The van der Waals surface area contributed by atoms with E-state index in [2.05, 4.69) is 5.73 Å². The number of nitrogens with two attached hydrogens (primary N) is 4. The molecule has 0 saturated heterocycles. The van der Waals surface area contributed by atoms with Crippen LogP contribution in [0.4, 0.5) is 0 Å². The van der Waals surface area contributed by atoms with Crippen molar-refractivity contribution < 1.29 is 39.6 Å². The van der Waals surface area contributed by atoms with Crippen molar-refractivity contribution >= 4 is 35.6 Å². The zero-order valence-electron chi connectivity index (χ0n) is 14.6. The highest BCUT2D eigenvalue weighted by Crippen LogP contribution is 1.97. The minimum absolute atomic E-state index is 0.310. The van der Waals surface area contributed by atoms with Gasteiger partial charge in [0.25, 0.3) is 0 Å². The third-order valence-corrected chi connectivity index (χ3v) is 3.14. The SMILES string of the molecule is CC(O)C(N)C(=O)O.CSCCC(N)C(=O)O.NC(=O)CC(N)C(=O)O. The van der Waals surface area contributed by atoms with Crippen LogP contribution in [0.15, 0.2) is 0 Å². The first-order chi connectivity index (χ1) is 11.8. The van der Waals surface area contributed by atoms with Gasteiger partial charge in [-0.05, 0) is 25.4 Å². The molecular weight excluding hydrogens is 372 g/mol. The van der Waals surface area contributed by atoms with E-state index in [4.69, 9.17) is 37.6 Å². The highest BCUT2D eigenvalue weighted by molar-refractivity contribution is 7.98. The molecule has 0 aliphatic carbocycles. The molecule has 13 heteroatoms. The minimum atomic E-state index is -1.21. The van der Waals surface area contributed by atoms with Gasteiger partial charge in [0.1, 0.15) is 18.1 Å². The van der Waals surface area contributed by atoms with Crippen LogP contribution in [0, 0.1) is 0 Å². The molecule has 0 radical (unpaired) electrons. The van der Waals surface area contributed by atoms with Crippen LogP contribution in [0.5, 0.6) is 0 Å². The number of carbonyl (C=O) groups excluding carboxylic acids is 1. The van der Waals surface area contributed by atoms with Crippen molar-refractivity contribution in [2.75, 3.05) is 12.0 Å². The van der Waals surface area contributed by atoms with Crippen LogP contribution in [0.3, 0.4) is 0 Å². The van der Waals surface area contributed by atoms with Crippen LogP contribution in [0.2, 0.25) is 0 Å². The van der Waals surface area contributed by atoms with Gasteiger partial charge in [-0.3, -0.25) is 19.2 Å². The molecule has 4 atom stereocenters. The lowest BCUT2D eigenvalue weighted by molar-refractivity contribution is -0.141. The van der Waals surface area contributed by atoms with Crippen molar-refractivity contribution in [2.24, 2.45) is 22.9 Å². The molecule has 0 aliphatic rings. The summed E-state index contributed by atoms with van der Waals surface area (Å²) in [5, 5.41) is 32.9. The average Bonchev–Trinajstić information content (AvgIpc) is 2.51. The molecular formula is C13H28N4O8S. The molecule has 0 aromatic rings. The first-order valence-corrected chi connectivity index (χ1v) is 8.57. The molecule has 12 nitrogen and oxygen atoms in total. The second kappa shape index (κ2) is 16.5. The fraction of sp³-hybridized carbons (Fsp3) is 0.692. The number of rotatable bonds is 9. The van der Waals surface area contributed by atoms with Gasteiger partial charge in [-0.25, -0.2) is 0 Å². The van der Waals surface area contributed by atoms with E-state index >= 15 is 0 Å². The molecule has 0 fully saturated rings. The third kappa shape index (κ3) is 20.1. The molecule has 1 amide bonds. The fourth-order valence-electron chi connectivity index (χ4n) is 0.879. The summed E-state index contributed by atoms with van der Waals surface area (Å²) >= 11 is 1.60. The number of amides is 1. The summed E-state index contributed by atoms with van der Waals surface area (Å²) in [6.45, 7) is 1.33. The lowest BCUT2D eigenvalue weighted by Crippen LogP contribution is -2.39. The monoisotopic (exact) mass is 400 g/mol. The molecule has 0 saturated carbocycles. The van der Waals surface area contributed by atoms with Crippen molar-refractivity contribution in [3.8, 4) is 0 Å². The van der Waals surface area contributed by atoms with Gasteiger partial charge in [-0.15, -0.1) is 0 Å². The molecule has 12 N–H and O–H groups in total. The van der Waals surface area contributed by atoms with E-state index in [1.807, 2.05) is 6.26 Å². The van der Waals surface area contributed by atoms with Crippen LogP contribution < -0.4 is 22.9 Å². The molecule has 26 heavy (non-hydrogen) atoms. The van der Waals surface area contributed by atoms with E-state index in [-0.39, 0.29) is 6.42 Å². The van der Waals surface area contributed by atoms with Gasteiger partial charge in [0.15, 0.2) is 0 Å². The van der Waals surface area contributed by atoms with E-state index in [9.17, 15) is 19.2 Å². The summed E-state index contributed by atoms with van der Waals surface area (Å²) in [6, 6.07) is -3.00. The van der Waals surface area contributed by atoms with E-state index in [0.29, 0.717) is 6.42 Å². The maximum absolute atomic E-state index is 10.1. The summed E-state index contributed by atoms with van der Waals surface area (Å²) in [5.41, 5.74) is 19.7. The minimum Gasteiger partial charge on any atom is -0.480 e. The molecule has 0 spiro atoms. The Labute approximate surface area is 154 Å². The number of carboxylic acids is 3. The lowest BCUT2D eigenvalue weighted by atomic mass is 10.2. The molecule has 0 aromatic carbocycles. The van der Waals surface area contributed by atoms with Crippen molar-refractivity contribution in [3.63, 3.8) is 0 Å². The standard InChI is InChI=1S/C5H11NO2S.C4H8N2O3.C4H9NO3/c1-9-3-2-4(6)5(7)8;5-2(4(8)9)1-3(6)7;1-2(6)3(5)4(7)8/h4H,2-3,6H2,1H3,(H,7,8);2H,1,5H2,(H2,6,7)(H,8,9);2-3,6H,5H2,1H3,(H,7,8). The number of thioether (sulfide) groups is 1. The smallest absolute Gasteiger partial charge is 0.323 e. The Hall–Kier alpha value is -1.93. The number of aliphatic carboxylic acids is 3. The van der Waals surface area contributed by atoms with E-state index in [0.717, 1.165) is 5.75 Å². The molecule has 0 heterocycles. The zero-order valence-corrected chi connectivity index (χ0v) is 15.4. The Morgan fingerprint density at radius 3 is 1.50 bits per heavy atom. The Morgan fingerprint density at radius 2 is 1.35 bits per heavy atom. The first-order valence-electron chi connectivity index (χ1n) is 7.18. The Balaban J connectivity index is -0.000000306.